The first-order valence-electron chi connectivity index (χ1n) is 9.76. The van der Waals surface area contributed by atoms with Crippen molar-refractivity contribution in [1.29, 1.82) is 0 Å². The second-order valence-corrected chi connectivity index (χ2v) is 7.25. The molecule has 2 aromatic carbocycles. The maximum atomic E-state index is 13.1. The van der Waals surface area contributed by atoms with Gasteiger partial charge in [-0.25, -0.2) is 0 Å². The molecular formula is C23H31NO4. The molecule has 0 spiro atoms. The molecule has 0 saturated heterocycles. The normalized spacial score (nSPS) is 12.2. The number of aliphatic hydroxyl groups excluding tert-OH is 1. The number of benzene rings is 2. The van der Waals surface area contributed by atoms with Gasteiger partial charge < -0.3 is 19.8 Å². The van der Waals surface area contributed by atoms with Crippen LogP contribution in [0.25, 0.3) is 0 Å². The van der Waals surface area contributed by atoms with Crippen molar-refractivity contribution in [2.24, 2.45) is 0 Å². The van der Waals surface area contributed by atoms with E-state index in [1.807, 2.05) is 63.2 Å². The molecule has 1 atom stereocenters. The number of aromatic hydroxyl groups is 1. The molecule has 0 bridgehead atoms. The summed E-state index contributed by atoms with van der Waals surface area (Å²) in [4.78, 5) is 14.9. The van der Waals surface area contributed by atoms with Gasteiger partial charge >= 0.3 is 0 Å². The first-order valence-corrected chi connectivity index (χ1v) is 9.76. The third kappa shape index (κ3) is 6.08. The highest BCUT2D eigenvalue weighted by Crippen LogP contribution is 2.35. The Morgan fingerprint density at radius 2 is 1.82 bits per heavy atom. The van der Waals surface area contributed by atoms with E-state index < -0.39 is 0 Å². The Bertz CT molecular complexity index is 746. The van der Waals surface area contributed by atoms with Gasteiger partial charge in [0.15, 0.2) is 0 Å². The molecule has 5 nitrogen and oxygen atoms in total. The minimum Gasteiger partial charge on any atom is -0.508 e. The lowest BCUT2D eigenvalue weighted by Gasteiger charge is -2.29. The van der Waals surface area contributed by atoms with Gasteiger partial charge in [0.1, 0.15) is 5.75 Å². The summed E-state index contributed by atoms with van der Waals surface area (Å²) >= 11 is 0. The standard InChI is InChI=1S/C23H31NO4/c1-17(2)24(11-13-28-14-12-25)23(27)16-20(19-7-5-4-6-8-19)21-15-18(3)9-10-22(21)26/h4-10,15,17,20,25-26H,11-14,16H2,1-3H3. The summed E-state index contributed by atoms with van der Waals surface area (Å²) in [5.41, 5.74) is 2.80. The zero-order chi connectivity index (χ0) is 20.5. The molecule has 2 N–H and O–H groups in total. The van der Waals surface area contributed by atoms with E-state index in [0.717, 1.165) is 16.7 Å². The van der Waals surface area contributed by atoms with E-state index >= 15 is 0 Å². The topological polar surface area (TPSA) is 70.0 Å². The first kappa shape index (κ1) is 21.9. The van der Waals surface area contributed by atoms with Crippen LogP contribution in [0.5, 0.6) is 5.75 Å². The van der Waals surface area contributed by atoms with Crippen molar-refractivity contribution in [2.45, 2.75) is 39.2 Å². The third-order valence-electron chi connectivity index (χ3n) is 4.79. The molecule has 0 aliphatic carbocycles. The molecule has 0 aromatic heterocycles. The van der Waals surface area contributed by atoms with E-state index in [4.69, 9.17) is 9.84 Å². The molecule has 2 aromatic rings. The number of rotatable bonds is 10. The van der Waals surface area contributed by atoms with Crippen LogP contribution in [-0.4, -0.2) is 53.4 Å². The van der Waals surface area contributed by atoms with Crippen molar-refractivity contribution in [1.82, 2.24) is 4.90 Å². The molecule has 0 fully saturated rings. The average Bonchev–Trinajstić information content (AvgIpc) is 2.68. The van der Waals surface area contributed by atoms with Crippen LogP contribution in [0, 0.1) is 6.92 Å². The van der Waals surface area contributed by atoms with Crippen LogP contribution in [0.1, 0.15) is 42.9 Å². The van der Waals surface area contributed by atoms with E-state index in [-0.39, 0.29) is 43.3 Å². The van der Waals surface area contributed by atoms with Crippen LogP contribution in [0.3, 0.4) is 0 Å². The first-order chi connectivity index (χ1) is 13.4. The Labute approximate surface area is 167 Å². The Morgan fingerprint density at radius 1 is 1.11 bits per heavy atom. The molecule has 1 amide bonds. The van der Waals surface area contributed by atoms with Crippen molar-refractivity contribution in [2.75, 3.05) is 26.4 Å². The van der Waals surface area contributed by atoms with Crippen LogP contribution in [0.15, 0.2) is 48.5 Å². The fourth-order valence-electron chi connectivity index (χ4n) is 3.34. The van der Waals surface area contributed by atoms with Gasteiger partial charge in [-0.05, 0) is 32.4 Å². The van der Waals surface area contributed by atoms with E-state index in [1.54, 1.807) is 11.0 Å². The zero-order valence-corrected chi connectivity index (χ0v) is 17.0. The number of carbonyl (C=O) groups is 1. The number of hydrogen-bond donors (Lipinski definition) is 2. The molecule has 2 rings (SSSR count). The summed E-state index contributed by atoms with van der Waals surface area (Å²) in [6.07, 6.45) is 0.263. The van der Waals surface area contributed by atoms with Crippen molar-refractivity contribution in [3.8, 4) is 5.75 Å². The predicted molar refractivity (Wildman–Crippen MR) is 110 cm³/mol. The van der Waals surface area contributed by atoms with Crippen LogP contribution >= 0.6 is 0 Å². The number of nitrogens with zero attached hydrogens (tertiary/aromatic N) is 1. The van der Waals surface area contributed by atoms with Crippen LogP contribution in [0.2, 0.25) is 0 Å². The summed E-state index contributed by atoms with van der Waals surface area (Å²) in [6.45, 7) is 7.03. The highest BCUT2D eigenvalue weighted by Gasteiger charge is 2.25. The fourth-order valence-corrected chi connectivity index (χ4v) is 3.34. The van der Waals surface area contributed by atoms with Gasteiger partial charge in [-0.3, -0.25) is 4.79 Å². The molecular weight excluding hydrogens is 354 g/mol. The van der Waals surface area contributed by atoms with Crippen molar-refractivity contribution in [3.63, 3.8) is 0 Å². The monoisotopic (exact) mass is 385 g/mol. The lowest BCUT2D eigenvalue weighted by Crippen LogP contribution is -2.40. The molecule has 0 aliphatic heterocycles. The number of hydrogen-bond acceptors (Lipinski definition) is 4. The summed E-state index contributed by atoms with van der Waals surface area (Å²) in [5.74, 6) is -0.0137. The fraction of sp³-hybridized carbons (Fsp3) is 0.435. The number of amides is 1. The zero-order valence-electron chi connectivity index (χ0n) is 17.0. The summed E-state index contributed by atoms with van der Waals surface area (Å²) in [7, 11) is 0. The van der Waals surface area contributed by atoms with Crippen LogP contribution in [0.4, 0.5) is 0 Å². The van der Waals surface area contributed by atoms with Crippen molar-refractivity contribution >= 4 is 5.91 Å². The third-order valence-corrected chi connectivity index (χ3v) is 4.79. The average molecular weight is 386 g/mol. The van der Waals surface area contributed by atoms with E-state index in [9.17, 15) is 9.90 Å². The molecule has 0 radical (unpaired) electrons. The summed E-state index contributed by atoms with van der Waals surface area (Å²) < 4.78 is 5.34. The molecule has 1 unspecified atom stereocenters. The van der Waals surface area contributed by atoms with Gasteiger partial charge in [-0.1, -0.05) is 48.0 Å². The van der Waals surface area contributed by atoms with Gasteiger partial charge in [0, 0.05) is 30.5 Å². The maximum absolute atomic E-state index is 13.1. The highest BCUT2D eigenvalue weighted by atomic mass is 16.5. The molecule has 0 heterocycles. The number of aliphatic hydroxyl groups is 1. The Hall–Kier alpha value is -2.37. The Kier molecular flexibility index (Phi) is 8.48. The second kappa shape index (κ2) is 10.8. The van der Waals surface area contributed by atoms with Crippen molar-refractivity contribution < 1.29 is 19.7 Å². The largest absolute Gasteiger partial charge is 0.508 e. The highest BCUT2D eigenvalue weighted by molar-refractivity contribution is 5.78. The minimum atomic E-state index is -0.229. The quantitative estimate of drug-likeness (QED) is 0.615. The second-order valence-electron chi connectivity index (χ2n) is 7.25. The molecule has 28 heavy (non-hydrogen) atoms. The molecule has 5 heteroatoms. The number of aryl methyl sites for hydroxylation is 1. The lowest BCUT2D eigenvalue weighted by molar-refractivity contribution is -0.134. The summed E-state index contributed by atoms with van der Waals surface area (Å²) in [6, 6.07) is 15.4. The number of ether oxygens (including phenoxy) is 1. The van der Waals surface area contributed by atoms with E-state index in [0.29, 0.717) is 13.2 Å². The Morgan fingerprint density at radius 3 is 2.46 bits per heavy atom. The van der Waals surface area contributed by atoms with Crippen LogP contribution in [-0.2, 0) is 9.53 Å². The maximum Gasteiger partial charge on any atom is 0.223 e. The van der Waals surface area contributed by atoms with E-state index in [1.165, 1.54) is 0 Å². The summed E-state index contributed by atoms with van der Waals surface area (Å²) in [5, 5.41) is 19.3. The number of carbonyl (C=O) groups excluding carboxylic acids is 1. The lowest BCUT2D eigenvalue weighted by atomic mass is 9.86. The SMILES string of the molecule is Cc1ccc(O)c(C(CC(=O)N(CCOCCO)C(C)C)c2ccccc2)c1. The molecule has 152 valence electrons. The van der Waals surface area contributed by atoms with Gasteiger partial charge in [0.05, 0.1) is 19.8 Å². The minimum absolute atomic E-state index is 0.0114. The smallest absolute Gasteiger partial charge is 0.223 e. The van der Waals surface area contributed by atoms with Gasteiger partial charge in [-0.15, -0.1) is 0 Å². The van der Waals surface area contributed by atoms with E-state index in [2.05, 4.69) is 0 Å². The molecule has 0 aliphatic rings. The molecule has 0 saturated carbocycles. The number of phenolic OH excluding ortho intramolecular Hbond substituents is 1. The van der Waals surface area contributed by atoms with Gasteiger partial charge in [0.25, 0.3) is 0 Å². The van der Waals surface area contributed by atoms with Crippen LogP contribution < -0.4 is 0 Å². The Balaban J connectivity index is 2.26. The van der Waals surface area contributed by atoms with Gasteiger partial charge in [-0.2, -0.15) is 0 Å². The number of phenols is 1. The van der Waals surface area contributed by atoms with Crippen molar-refractivity contribution in [3.05, 3.63) is 65.2 Å². The van der Waals surface area contributed by atoms with Gasteiger partial charge in [0.2, 0.25) is 5.91 Å². The predicted octanol–water partition coefficient (Wildman–Crippen LogP) is 3.47.